The Labute approximate surface area is 162 Å². The highest BCUT2D eigenvalue weighted by molar-refractivity contribution is 5.86. The van der Waals surface area contributed by atoms with Crippen LogP contribution >= 0.6 is 12.4 Å². The minimum atomic E-state index is -0.511. The summed E-state index contributed by atoms with van der Waals surface area (Å²) in [5.41, 5.74) is 6.65. The highest BCUT2D eigenvalue weighted by atomic mass is 35.5. The second kappa shape index (κ2) is 8.40. The van der Waals surface area contributed by atoms with Crippen molar-refractivity contribution in [2.24, 2.45) is 11.1 Å². The Morgan fingerprint density at radius 3 is 2.50 bits per heavy atom. The number of nitrogens with two attached hydrogens (primary N) is 1. The molecule has 3 unspecified atom stereocenters. The number of halogens is 1. The molecule has 6 heteroatoms. The summed E-state index contributed by atoms with van der Waals surface area (Å²) in [5, 5.41) is 3.09. The molecular weight excluding hydrogens is 350 g/mol. The average molecular weight is 380 g/mol. The van der Waals surface area contributed by atoms with Gasteiger partial charge < -0.3 is 16.0 Å². The quantitative estimate of drug-likeness (QED) is 0.764. The van der Waals surface area contributed by atoms with E-state index in [1.54, 1.807) is 0 Å². The van der Waals surface area contributed by atoms with E-state index in [0.29, 0.717) is 25.4 Å². The van der Waals surface area contributed by atoms with E-state index < -0.39 is 5.41 Å². The number of nitrogens with zero attached hydrogens (tertiary/aromatic N) is 1. The summed E-state index contributed by atoms with van der Waals surface area (Å²) in [6.07, 6.45) is 2.86. The van der Waals surface area contributed by atoms with Crippen LogP contribution in [0.3, 0.4) is 0 Å². The molecule has 5 nitrogen and oxygen atoms in total. The summed E-state index contributed by atoms with van der Waals surface area (Å²) in [6, 6.07) is 10.5. The molecule has 1 saturated carbocycles. The van der Waals surface area contributed by atoms with Crippen LogP contribution in [0.5, 0.6) is 0 Å². The van der Waals surface area contributed by atoms with Gasteiger partial charge in [0, 0.05) is 31.5 Å². The number of hydrogen-bond donors (Lipinski definition) is 2. The highest BCUT2D eigenvalue weighted by Gasteiger charge is 2.48. The number of carbonyl (C=O) groups is 2. The molecule has 144 valence electrons. The molecule has 26 heavy (non-hydrogen) atoms. The van der Waals surface area contributed by atoms with Crippen LogP contribution in [0.2, 0.25) is 0 Å². The van der Waals surface area contributed by atoms with Crippen LogP contribution in [0.25, 0.3) is 0 Å². The number of carbonyl (C=O) groups excluding carboxylic acids is 2. The third-order valence-electron chi connectivity index (χ3n) is 6.10. The van der Waals surface area contributed by atoms with E-state index in [-0.39, 0.29) is 36.3 Å². The van der Waals surface area contributed by atoms with Gasteiger partial charge in [-0.25, -0.2) is 0 Å². The number of likely N-dealkylation sites (tertiary alicyclic amines) is 1. The van der Waals surface area contributed by atoms with E-state index >= 15 is 0 Å². The molecule has 1 aromatic carbocycles. The van der Waals surface area contributed by atoms with Gasteiger partial charge >= 0.3 is 0 Å². The number of benzene rings is 1. The molecule has 1 aliphatic carbocycles. The Hall–Kier alpha value is -1.59. The van der Waals surface area contributed by atoms with Crippen LogP contribution in [0.4, 0.5) is 0 Å². The van der Waals surface area contributed by atoms with Gasteiger partial charge in [0.25, 0.3) is 0 Å². The van der Waals surface area contributed by atoms with Crippen molar-refractivity contribution in [3.8, 4) is 0 Å². The van der Waals surface area contributed by atoms with Crippen molar-refractivity contribution in [3.63, 3.8) is 0 Å². The minimum Gasteiger partial charge on any atom is -0.351 e. The zero-order valence-corrected chi connectivity index (χ0v) is 16.4. The van der Waals surface area contributed by atoms with E-state index in [4.69, 9.17) is 5.73 Å². The van der Waals surface area contributed by atoms with Crippen molar-refractivity contribution in [1.82, 2.24) is 10.2 Å². The molecule has 1 aromatic rings. The molecule has 1 saturated heterocycles. The second-order valence-electron chi connectivity index (χ2n) is 7.43. The monoisotopic (exact) mass is 379 g/mol. The highest BCUT2D eigenvalue weighted by Crippen LogP contribution is 2.46. The Balaban J connectivity index is 0.00000243. The van der Waals surface area contributed by atoms with Gasteiger partial charge in [0.2, 0.25) is 11.8 Å². The van der Waals surface area contributed by atoms with Crippen molar-refractivity contribution in [2.75, 3.05) is 13.1 Å². The van der Waals surface area contributed by atoms with Crippen LogP contribution in [0.1, 0.15) is 51.0 Å². The zero-order chi connectivity index (χ0) is 18.0. The molecule has 0 radical (unpaired) electrons. The summed E-state index contributed by atoms with van der Waals surface area (Å²) >= 11 is 0. The van der Waals surface area contributed by atoms with Gasteiger partial charge in [0.15, 0.2) is 0 Å². The maximum absolute atomic E-state index is 12.7. The van der Waals surface area contributed by atoms with Crippen molar-refractivity contribution < 1.29 is 9.59 Å². The minimum absolute atomic E-state index is 0. The van der Waals surface area contributed by atoms with Crippen LogP contribution in [0.15, 0.2) is 30.3 Å². The molecule has 3 rings (SSSR count). The lowest BCUT2D eigenvalue weighted by atomic mass is 9.81. The van der Waals surface area contributed by atoms with Crippen molar-refractivity contribution in [1.29, 1.82) is 0 Å². The third-order valence-corrected chi connectivity index (χ3v) is 6.10. The standard InChI is InChI=1S/C20H29N3O2.ClH/c1-3-20(4-2,13-21)19(25)22-15-10-18(24)23(12-15)17-11-16(17)14-8-6-5-7-9-14;/h5-9,15-17H,3-4,10-13,21H2,1-2H3,(H,22,25);1H. The Morgan fingerprint density at radius 1 is 1.27 bits per heavy atom. The van der Waals surface area contributed by atoms with Gasteiger partial charge in [0.1, 0.15) is 0 Å². The molecule has 3 atom stereocenters. The molecule has 2 fully saturated rings. The van der Waals surface area contributed by atoms with E-state index in [0.717, 1.165) is 19.3 Å². The Morgan fingerprint density at radius 2 is 1.92 bits per heavy atom. The number of nitrogens with one attached hydrogen (secondary N) is 1. The van der Waals surface area contributed by atoms with Gasteiger partial charge in [-0.3, -0.25) is 9.59 Å². The molecular formula is C20H30ClN3O2. The molecule has 3 N–H and O–H groups in total. The molecule has 0 spiro atoms. The molecule has 0 bridgehead atoms. The van der Waals surface area contributed by atoms with Crippen molar-refractivity contribution in [3.05, 3.63) is 35.9 Å². The number of hydrogen-bond acceptors (Lipinski definition) is 3. The summed E-state index contributed by atoms with van der Waals surface area (Å²) < 4.78 is 0. The predicted octanol–water partition coefficient (Wildman–Crippen LogP) is 2.45. The molecule has 1 aliphatic heterocycles. The number of rotatable bonds is 7. The van der Waals surface area contributed by atoms with Gasteiger partial charge in [-0.05, 0) is 24.8 Å². The van der Waals surface area contributed by atoms with Crippen LogP contribution < -0.4 is 11.1 Å². The first kappa shape index (κ1) is 20.7. The maximum Gasteiger partial charge on any atom is 0.227 e. The molecule has 1 heterocycles. The molecule has 2 aliphatic rings. The smallest absolute Gasteiger partial charge is 0.227 e. The molecule has 2 amide bonds. The first-order valence-corrected chi connectivity index (χ1v) is 9.40. The fraction of sp³-hybridized carbons (Fsp3) is 0.600. The van der Waals surface area contributed by atoms with Gasteiger partial charge in [-0.1, -0.05) is 44.2 Å². The Bertz CT molecular complexity index is 625. The first-order valence-electron chi connectivity index (χ1n) is 9.40. The van der Waals surface area contributed by atoms with E-state index in [2.05, 4.69) is 17.4 Å². The second-order valence-corrected chi connectivity index (χ2v) is 7.43. The third kappa shape index (κ3) is 3.89. The Kier molecular flexibility index (Phi) is 6.69. The first-order chi connectivity index (χ1) is 12.0. The van der Waals surface area contributed by atoms with Crippen molar-refractivity contribution in [2.45, 2.75) is 57.5 Å². The fourth-order valence-corrected chi connectivity index (χ4v) is 4.02. The largest absolute Gasteiger partial charge is 0.351 e. The normalized spacial score (nSPS) is 25.0. The van der Waals surface area contributed by atoms with Gasteiger partial charge in [0.05, 0.1) is 11.5 Å². The van der Waals surface area contributed by atoms with E-state index in [9.17, 15) is 9.59 Å². The lowest BCUT2D eigenvalue weighted by molar-refractivity contribution is -0.131. The van der Waals surface area contributed by atoms with Gasteiger partial charge in [-0.2, -0.15) is 0 Å². The summed E-state index contributed by atoms with van der Waals surface area (Å²) in [7, 11) is 0. The SMILES string of the molecule is CCC(CC)(CN)C(=O)NC1CC(=O)N(C2CC2c2ccccc2)C1.Cl. The summed E-state index contributed by atoms with van der Waals surface area (Å²) in [4.78, 5) is 27.1. The van der Waals surface area contributed by atoms with Crippen LogP contribution in [-0.2, 0) is 9.59 Å². The lowest BCUT2D eigenvalue weighted by Crippen LogP contribution is -2.49. The molecule has 0 aromatic heterocycles. The zero-order valence-electron chi connectivity index (χ0n) is 15.6. The van der Waals surface area contributed by atoms with Crippen LogP contribution in [-0.4, -0.2) is 41.9 Å². The lowest BCUT2D eigenvalue weighted by Gasteiger charge is -2.30. The summed E-state index contributed by atoms with van der Waals surface area (Å²) in [6.45, 7) is 4.95. The predicted molar refractivity (Wildman–Crippen MR) is 105 cm³/mol. The summed E-state index contributed by atoms with van der Waals surface area (Å²) in [5.74, 6) is 0.587. The maximum atomic E-state index is 12.7. The van der Waals surface area contributed by atoms with Crippen LogP contribution in [0, 0.1) is 5.41 Å². The van der Waals surface area contributed by atoms with Gasteiger partial charge in [-0.15, -0.1) is 12.4 Å². The topological polar surface area (TPSA) is 75.4 Å². The van der Waals surface area contributed by atoms with Crippen molar-refractivity contribution >= 4 is 24.2 Å². The van der Waals surface area contributed by atoms with E-state index in [1.165, 1.54) is 5.56 Å². The van der Waals surface area contributed by atoms with E-state index in [1.807, 2.05) is 36.9 Å². The number of amides is 2. The average Bonchev–Trinajstić information content (AvgIpc) is 3.35. The fourth-order valence-electron chi connectivity index (χ4n) is 4.02.